The van der Waals surface area contributed by atoms with Gasteiger partial charge in [-0.3, -0.25) is 0 Å². The molecule has 3 rings (SSSR count). The van der Waals surface area contributed by atoms with Crippen LogP contribution in [-0.2, 0) is 6.42 Å². The van der Waals surface area contributed by atoms with Crippen LogP contribution in [0.2, 0.25) is 5.02 Å². The number of fused-ring (bicyclic) bond motifs is 1. The van der Waals surface area contributed by atoms with E-state index < -0.39 is 0 Å². The van der Waals surface area contributed by atoms with Gasteiger partial charge in [0.2, 0.25) is 0 Å². The molecule has 0 saturated heterocycles. The maximum Gasteiger partial charge on any atom is 0.119 e. The summed E-state index contributed by atoms with van der Waals surface area (Å²) in [7, 11) is 0. The van der Waals surface area contributed by atoms with Crippen LogP contribution in [0, 0.1) is 0 Å². The van der Waals surface area contributed by atoms with Crippen molar-refractivity contribution in [1.82, 2.24) is 5.32 Å². The molecule has 1 aliphatic rings. The second kappa shape index (κ2) is 5.86. The molecule has 0 spiro atoms. The molecule has 2 nitrogen and oxygen atoms in total. The van der Waals surface area contributed by atoms with Gasteiger partial charge >= 0.3 is 0 Å². The number of hydrogen-bond acceptors (Lipinski definition) is 2. The van der Waals surface area contributed by atoms with E-state index in [2.05, 4.69) is 23.5 Å². The van der Waals surface area contributed by atoms with E-state index in [9.17, 15) is 0 Å². The Bertz CT molecular complexity index is 612. The maximum absolute atomic E-state index is 6.11. The first-order valence-electron chi connectivity index (χ1n) is 7.02. The van der Waals surface area contributed by atoms with Gasteiger partial charge in [-0.1, -0.05) is 29.8 Å². The summed E-state index contributed by atoms with van der Waals surface area (Å²) in [6.45, 7) is 3.68. The zero-order valence-corrected chi connectivity index (χ0v) is 12.3. The second-order valence-corrected chi connectivity index (χ2v) is 5.42. The highest BCUT2D eigenvalue weighted by molar-refractivity contribution is 6.30. The highest BCUT2D eigenvalue weighted by Gasteiger charge is 2.21. The number of hydrogen-bond donors (Lipinski definition) is 1. The molecule has 0 amide bonds. The van der Waals surface area contributed by atoms with E-state index in [-0.39, 0.29) is 6.04 Å². The minimum absolute atomic E-state index is 0.216. The van der Waals surface area contributed by atoms with Crippen LogP contribution in [-0.4, -0.2) is 13.2 Å². The van der Waals surface area contributed by atoms with Crippen molar-refractivity contribution in [1.29, 1.82) is 0 Å². The SMILES string of the molecule is CCOc1ccc2c(c1)CCNC2c1cccc(Cl)c1. The topological polar surface area (TPSA) is 21.3 Å². The lowest BCUT2D eigenvalue weighted by Crippen LogP contribution is -2.30. The Labute approximate surface area is 124 Å². The molecule has 0 bridgehead atoms. The quantitative estimate of drug-likeness (QED) is 0.922. The first-order chi connectivity index (χ1) is 9.78. The van der Waals surface area contributed by atoms with Crippen LogP contribution in [0.4, 0.5) is 0 Å². The highest BCUT2D eigenvalue weighted by Crippen LogP contribution is 2.32. The van der Waals surface area contributed by atoms with Gasteiger partial charge in [0.25, 0.3) is 0 Å². The Morgan fingerprint density at radius 1 is 1.25 bits per heavy atom. The summed E-state index contributed by atoms with van der Waals surface area (Å²) >= 11 is 6.11. The van der Waals surface area contributed by atoms with Gasteiger partial charge in [0, 0.05) is 11.6 Å². The Kier molecular flexibility index (Phi) is 3.95. The maximum atomic E-state index is 6.11. The summed E-state index contributed by atoms with van der Waals surface area (Å²) in [5, 5.41) is 4.35. The van der Waals surface area contributed by atoms with Gasteiger partial charge in [-0.15, -0.1) is 0 Å². The average molecular weight is 288 g/mol. The van der Waals surface area contributed by atoms with Gasteiger partial charge in [0.05, 0.1) is 12.6 Å². The molecular weight excluding hydrogens is 270 g/mol. The molecule has 0 radical (unpaired) electrons. The minimum atomic E-state index is 0.216. The van der Waals surface area contributed by atoms with Crippen LogP contribution in [0.1, 0.15) is 29.7 Å². The predicted octanol–water partition coefficient (Wildman–Crippen LogP) is 3.97. The number of rotatable bonds is 3. The molecular formula is C17H18ClNO. The fourth-order valence-corrected chi connectivity index (χ4v) is 2.98. The second-order valence-electron chi connectivity index (χ2n) is 4.99. The minimum Gasteiger partial charge on any atom is -0.494 e. The van der Waals surface area contributed by atoms with Gasteiger partial charge in [-0.25, -0.2) is 0 Å². The molecule has 0 aromatic heterocycles. The molecule has 1 unspecified atom stereocenters. The lowest BCUT2D eigenvalue weighted by atomic mass is 9.90. The van der Waals surface area contributed by atoms with Crippen molar-refractivity contribution < 1.29 is 4.74 Å². The summed E-state index contributed by atoms with van der Waals surface area (Å²) < 4.78 is 5.59. The van der Waals surface area contributed by atoms with Crippen molar-refractivity contribution >= 4 is 11.6 Å². The van der Waals surface area contributed by atoms with E-state index in [1.54, 1.807) is 0 Å². The summed E-state index contributed by atoms with van der Waals surface area (Å²) in [5.41, 5.74) is 3.89. The van der Waals surface area contributed by atoms with Crippen molar-refractivity contribution in [2.75, 3.05) is 13.2 Å². The van der Waals surface area contributed by atoms with Gasteiger partial charge in [0.15, 0.2) is 0 Å². The van der Waals surface area contributed by atoms with Crippen LogP contribution >= 0.6 is 11.6 Å². The smallest absolute Gasteiger partial charge is 0.119 e. The summed E-state index contributed by atoms with van der Waals surface area (Å²) in [4.78, 5) is 0. The first kappa shape index (κ1) is 13.5. The Morgan fingerprint density at radius 3 is 2.95 bits per heavy atom. The summed E-state index contributed by atoms with van der Waals surface area (Å²) in [6.07, 6.45) is 1.04. The van der Waals surface area contributed by atoms with Crippen molar-refractivity contribution in [2.45, 2.75) is 19.4 Å². The Morgan fingerprint density at radius 2 is 2.15 bits per heavy atom. The zero-order valence-electron chi connectivity index (χ0n) is 11.5. The molecule has 1 N–H and O–H groups in total. The highest BCUT2D eigenvalue weighted by atomic mass is 35.5. The molecule has 1 aliphatic heterocycles. The normalized spacial score (nSPS) is 17.6. The molecule has 1 atom stereocenters. The number of nitrogens with one attached hydrogen (secondary N) is 1. The zero-order chi connectivity index (χ0) is 13.9. The third kappa shape index (κ3) is 2.67. The molecule has 1 heterocycles. The third-order valence-corrected chi connectivity index (χ3v) is 3.90. The van der Waals surface area contributed by atoms with E-state index in [0.29, 0.717) is 6.61 Å². The van der Waals surface area contributed by atoms with E-state index in [1.807, 2.05) is 31.2 Å². The summed E-state index contributed by atoms with van der Waals surface area (Å²) in [6, 6.07) is 14.7. The fourth-order valence-electron chi connectivity index (χ4n) is 2.78. The van der Waals surface area contributed by atoms with E-state index in [1.165, 1.54) is 16.7 Å². The van der Waals surface area contributed by atoms with Crippen molar-refractivity contribution in [3.63, 3.8) is 0 Å². The lowest BCUT2D eigenvalue weighted by Gasteiger charge is -2.28. The number of halogens is 1. The van der Waals surface area contributed by atoms with Crippen molar-refractivity contribution in [3.8, 4) is 5.75 Å². The number of benzene rings is 2. The van der Waals surface area contributed by atoms with Crippen molar-refractivity contribution in [2.24, 2.45) is 0 Å². The van der Waals surface area contributed by atoms with Gasteiger partial charge in [0.1, 0.15) is 5.75 Å². The van der Waals surface area contributed by atoms with Crippen LogP contribution < -0.4 is 10.1 Å². The molecule has 0 fully saturated rings. The molecule has 20 heavy (non-hydrogen) atoms. The summed E-state index contributed by atoms with van der Waals surface area (Å²) in [5.74, 6) is 0.956. The molecule has 0 saturated carbocycles. The Hall–Kier alpha value is -1.51. The van der Waals surface area contributed by atoms with E-state index in [0.717, 1.165) is 23.7 Å². The molecule has 2 aromatic rings. The average Bonchev–Trinajstić information content (AvgIpc) is 2.47. The lowest BCUT2D eigenvalue weighted by molar-refractivity contribution is 0.339. The van der Waals surface area contributed by atoms with Crippen LogP contribution in [0.25, 0.3) is 0 Å². The van der Waals surface area contributed by atoms with Crippen molar-refractivity contribution in [3.05, 3.63) is 64.2 Å². The van der Waals surface area contributed by atoms with Gasteiger partial charge in [-0.05, 0) is 54.3 Å². The largest absolute Gasteiger partial charge is 0.494 e. The Balaban J connectivity index is 1.97. The fraction of sp³-hybridized carbons (Fsp3) is 0.294. The van der Waals surface area contributed by atoms with E-state index >= 15 is 0 Å². The van der Waals surface area contributed by atoms with Crippen LogP contribution in [0.3, 0.4) is 0 Å². The molecule has 0 aliphatic carbocycles. The van der Waals surface area contributed by atoms with E-state index in [4.69, 9.17) is 16.3 Å². The van der Waals surface area contributed by atoms with Gasteiger partial charge < -0.3 is 10.1 Å². The first-order valence-corrected chi connectivity index (χ1v) is 7.40. The monoisotopic (exact) mass is 287 g/mol. The van der Waals surface area contributed by atoms with Crippen LogP contribution in [0.5, 0.6) is 5.75 Å². The molecule has 2 aromatic carbocycles. The van der Waals surface area contributed by atoms with Crippen LogP contribution in [0.15, 0.2) is 42.5 Å². The number of ether oxygens (including phenoxy) is 1. The predicted molar refractivity (Wildman–Crippen MR) is 82.6 cm³/mol. The molecule has 3 heteroatoms. The standard InChI is InChI=1S/C17H18ClNO/c1-2-20-15-6-7-16-12(11-15)8-9-19-17(16)13-4-3-5-14(18)10-13/h3-7,10-11,17,19H,2,8-9H2,1H3. The van der Waals surface area contributed by atoms with Gasteiger partial charge in [-0.2, -0.15) is 0 Å². The molecule has 104 valence electrons. The third-order valence-electron chi connectivity index (χ3n) is 3.66.